The van der Waals surface area contributed by atoms with Gasteiger partial charge in [-0.05, 0) is 24.1 Å². The number of thiazole rings is 1. The van der Waals surface area contributed by atoms with Crippen LogP contribution in [0.15, 0.2) is 23.6 Å². The summed E-state index contributed by atoms with van der Waals surface area (Å²) in [4.78, 5) is 15.9. The van der Waals surface area contributed by atoms with E-state index in [9.17, 15) is 14.3 Å². The predicted octanol–water partition coefficient (Wildman–Crippen LogP) is 3.35. The molecule has 1 heterocycles. The topological polar surface area (TPSA) is 74.2 Å². The maximum Gasteiger partial charge on any atom is 0.321 e. The largest absolute Gasteiger partial charge is 0.387 e. The summed E-state index contributed by atoms with van der Waals surface area (Å²) >= 11 is 6.90. The van der Waals surface area contributed by atoms with Gasteiger partial charge in [0.2, 0.25) is 0 Å². The van der Waals surface area contributed by atoms with Gasteiger partial charge in [-0.3, -0.25) is 5.32 Å². The van der Waals surface area contributed by atoms with Crippen molar-refractivity contribution >= 4 is 34.1 Å². The van der Waals surface area contributed by atoms with Gasteiger partial charge in [0.05, 0.1) is 16.8 Å². The number of anilines is 1. The number of amides is 2. The number of nitrogens with one attached hydrogen (secondary N) is 2. The number of rotatable bonds is 5. The first-order valence-electron chi connectivity index (χ1n) is 6.62. The molecule has 2 aromatic rings. The minimum absolute atomic E-state index is 0.0165. The molecule has 0 aliphatic carbocycles. The molecule has 0 aliphatic rings. The molecule has 0 radical (unpaired) electrons. The van der Waals surface area contributed by atoms with E-state index in [2.05, 4.69) is 15.6 Å². The summed E-state index contributed by atoms with van der Waals surface area (Å²) in [5.74, 6) is -0.613. The van der Waals surface area contributed by atoms with Crippen molar-refractivity contribution in [3.8, 4) is 0 Å². The lowest BCUT2D eigenvalue weighted by Gasteiger charge is -2.12. The SMILES string of the molecule is CCc1csc(NC(=O)NCC(O)c2ccc(Cl)c(F)c2)n1. The molecule has 1 atom stereocenters. The van der Waals surface area contributed by atoms with E-state index in [0.29, 0.717) is 10.7 Å². The molecule has 3 N–H and O–H groups in total. The molecule has 5 nitrogen and oxygen atoms in total. The van der Waals surface area contributed by atoms with Crippen LogP contribution in [-0.4, -0.2) is 22.7 Å². The van der Waals surface area contributed by atoms with Gasteiger partial charge in [-0.2, -0.15) is 0 Å². The molecule has 0 bridgehead atoms. The van der Waals surface area contributed by atoms with Gasteiger partial charge in [0.1, 0.15) is 5.82 Å². The lowest BCUT2D eigenvalue weighted by molar-refractivity contribution is 0.174. The third-order valence-corrected chi connectivity index (χ3v) is 4.03. The number of halogens is 2. The molecule has 2 amide bonds. The second kappa shape index (κ2) is 7.53. The standard InChI is InChI=1S/C14H15ClFN3O2S/c1-2-9-7-22-14(18-9)19-13(21)17-6-12(20)8-3-4-10(15)11(16)5-8/h3-5,7,12,20H,2,6H2,1H3,(H2,17,18,19,21). The molecule has 118 valence electrons. The van der Waals surface area contributed by atoms with E-state index in [-0.39, 0.29) is 11.6 Å². The number of nitrogens with zero attached hydrogens (tertiary/aromatic N) is 1. The molecule has 1 aromatic heterocycles. The average molecular weight is 344 g/mol. The Kier molecular flexibility index (Phi) is 5.70. The van der Waals surface area contributed by atoms with Crippen LogP contribution in [0.1, 0.15) is 24.3 Å². The molecule has 0 aliphatic heterocycles. The van der Waals surface area contributed by atoms with Crippen LogP contribution < -0.4 is 10.6 Å². The smallest absolute Gasteiger partial charge is 0.321 e. The fraction of sp³-hybridized carbons (Fsp3) is 0.286. The van der Waals surface area contributed by atoms with E-state index in [0.717, 1.165) is 18.2 Å². The van der Waals surface area contributed by atoms with Gasteiger partial charge < -0.3 is 10.4 Å². The van der Waals surface area contributed by atoms with Crippen molar-refractivity contribution in [2.75, 3.05) is 11.9 Å². The summed E-state index contributed by atoms with van der Waals surface area (Å²) in [5, 5.41) is 17.3. The van der Waals surface area contributed by atoms with Gasteiger partial charge in [0.25, 0.3) is 0 Å². The number of hydrogen-bond donors (Lipinski definition) is 3. The molecule has 2 rings (SSSR count). The lowest BCUT2D eigenvalue weighted by Crippen LogP contribution is -2.32. The Hall–Kier alpha value is -1.70. The molecule has 0 spiro atoms. The second-order valence-electron chi connectivity index (χ2n) is 4.52. The fourth-order valence-electron chi connectivity index (χ4n) is 1.69. The molecule has 22 heavy (non-hydrogen) atoms. The summed E-state index contributed by atoms with van der Waals surface area (Å²) in [6, 6.07) is 3.52. The van der Waals surface area contributed by atoms with Crippen molar-refractivity contribution < 1.29 is 14.3 Å². The Labute approximate surface area is 136 Å². The summed E-state index contributed by atoms with van der Waals surface area (Å²) in [7, 11) is 0. The minimum Gasteiger partial charge on any atom is -0.387 e. The normalized spacial score (nSPS) is 12.0. The maximum absolute atomic E-state index is 13.3. The maximum atomic E-state index is 13.3. The number of hydrogen-bond acceptors (Lipinski definition) is 4. The highest BCUT2D eigenvalue weighted by Crippen LogP contribution is 2.20. The minimum atomic E-state index is -1.03. The quantitative estimate of drug-likeness (QED) is 0.779. The summed E-state index contributed by atoms with van der Waals surface area (Å²) in [6.45, 7) is 1.92. The average Bonchev–Trinajstić information content (AvgIpc) is 2.95. The highest BCUT2D eigenvalue weighted by Gasteiger charge is 2.12. The van der Waals surface area contributed by atoms with E-state index in [1.54, 1.807) is 0 Å². The molecule has 1 aromatic carbocycles. The van der Waals surface area contributed by atoms with Crippen LogP contribution >= 0.6 is 22.9 Å². The van der Waals surface area contributed by atoms with E-state index in [1.165, 1.54) is 23.5 Å². The van der Waals surface area contributed by atoms with Gasteiger partial charge in [0, 0.05) is 11.9 Å². The zero-order valence-corrected chi connectivity index (χ0v) is 13.3. The van der Waals surface area contributed by atoms with Gasteiger partial charge in [-0.15, -0.1) is 11.3 Å². The summed E-state index contributed by atoms with van der Waals surface area (Å²) < 4.78 is 13.3. The van der Waals surface area contributed by atoms with Crippen molar-refractivity contribution in [1.29, 1.82) is 0 Å². The van der Waals surface area contributed by atoms with Crippen molar-refractivity contribution in [1.82, 2.24) is 10.3 Å². The number of urea groups is 1. The van der Waals surface area contributed by atoms with Crippen molar-refractivity contribution in [2.45, 2.75) is 19.4 Å². The third-order valence-electron chi connectivity index (χ3n) is 2.92. The first-order chi connectivity index (χ1) is 10.5. The van der Waals surface area contributed by atoms with Crippen LogP contribution in [0.3, 0.4) is 0 Å². The molecule has 8 heteroatoms. The molecular weight excluding hydrogens is 329 g/mol. The van der Waals surface area contributed by atoms with E-state index in [4.69, 9.17) is 11.6 Å². The zero-order valence-electron chi connectivity index (χ0n) is 11.8. The van der Waals surface area contributed by atoms with Crippen LogP contribution in [0.5, 0.6) is 0 Å². The van der Waals surface area contributed by atoms with Gasteiger partial charge in [-0.25, -0.2) is 14.2 Å². The van der Waals surface area contributed by atoms with Crippen molar-refractivity contribution in [3.05, 3.63) is 45.7 Å². The number of aliphatic hydroxyl groups excluding tert-OH is 1. The first kappa shape index (κ1) is 16.7. The van der Waals surface area contributed by atoms with Gasteiger partial charge in [-0.1, -0.05) is 24.6 Å². The van der Waals surface area contributed by atoms with E-state index in [1.807, 2.05) is 12.3 Å². The highest BCUT2D eigenvalue weighted by molar-refractivity contribution is 7.13. The number of aryl methyl sites for hydroxylation is 1. The molecule has 0 saturated carbocycles. The Balaban J connectivity index is 1.85. The van der Waals surface area contributed by atoms with Crippen LogP contribution in [0.25, 0.3) is 0 Å². The first-order valence-corrected chi connectivity index (χ1v) is 7.87. The fourth-order valence-corrected chi connectivity index (χ4v) is 2.60. The van der Waals surface area contributed by atoms with E-state index < -0.39 is 18.0 Å². The molecular formula is C14H15ClFN3O2S. The van der Waals surface area contributed by atoms with Crippen LogP contribution in [-0.2, 0) is 6.42 Å². The number of aliphatic hydroxyl groups is 1. The number of benzene rings is 1. The Bertz CT molecular complexity index is 665. The Morgan fingerprint density at radius 2 is 2.32 bits per heavy atom. The van der Waals surface area contributed by atoms with Crippen LogP contribution in [0, 0.1) is 5.82 Å². The van der Waals surface area contributed by atoms with Crippen LogP contribution in [0.4, 0.5) is 14.3 Å². The molecule has 0 saturated heterocycles. The third kappa shape index (κ3) is 4.40. The zero-order chi connectivity index (χ0) is 16.1. The number of aromatic nitrogens is 1. The summed E-state index contributed by atoms with van der Waals surface area (Å²) in [5.41, 5.74) is 1.24. The molecule has 0 fully saturated rings. The molecule has 1 unspecified atom stereocenters. The van der Waals surface area contributed by atoms with Crippen molar-refractivity contribution in [2.24, 2.45) is 0 Å². The monoisotopic (exact) mass is 343 g/mol. The van der Waals surface area contributed by atoms with Crippen LogP contribution in [0.2, 0.25) is 5.02 Å². The second-order valence-corrected chi connectivity index (χ2v) is 5.79. The van der Waals surface area contributed by atoms with Crippen molar-refractivity contribution in [3.63, 3.8) is 0 Å². The Morgan fingerprint density at radius 3 is 2.95 bits per heavy atom. The number of carbonyl (C=O) groups is 1. The van der Waals surface area contributed by atoms with Gasteiger partial charge >= 0.3 is 6.03 Å². The highest BCUT2D eigenvalue weighted by atomic mass is 35.5. The lowest BCUT2D eigenvalue weighted by atomic mass is 10.1. The Morgan fingerprint density at radius 1 is 1.55 bits per heavy atom. The van der Waals surface area contributed by atoms with Gasteiger partial charge in [0.15, 0.2) is 5.13 Å². The summed E-state index contributed by atoms with van der Waals surface area (Å²) in [6.07, 6.45) is -0.235. The van der Waals surface area contributed by atoms with E-state index >= 15 is 0 Å². The number of carbonyl (C=O) groups excluding carboxylic acids is 1. The predicted molar refractivity (Wildman–Crippen MR) is 84.9 cm³/mol.